The molecule has 0 heterocycles. The average molecular weight is 580 g/mol. The number of aliphatic hydroxyl groups excluding tert-OH is 1. The molecule has 3 saturated carbocycles. The van der Waals surface area contributed by atoms with Gasteiger partial charge in [0, 0.05) is 30.1 Å². The van der Waals surface area contributed by atoms with Crippen LogP contribution in [-0.4, -0.2) is 51.2 Å². The second-order valence-corrected chi connectivity index (χ2v) is 13.4. The molecule has 7 nitrogen and oxygen atoms in total. The summed E-state index contributed by atoms with van der Waals surface area (Å²) >= 11 is 4.05. The Morgan fingerprint density at radius 2 is 1.84 bits per heavy atom. The predicted molar refractivity (Wildman–Crippen MR) is 141 cm³/mol. The van der Waals surface area contributed by atoms with Crippen LogP contribution >= 0.6 is 15.9 Å². The van der Waals surface area contributed by atoms with Gasteiger partial charge < -0.3 is 14.6 Å². The van der Waals surface area contributed by atoms with Crippen LogP contribution in [0.25, 0.3) is 0 Å². The van der Waals surface area contributed by atoms with Gasteiger partial charge in [0.15, 0.2) is 18.0 Å². The van der Waals surface area contributed by atoms with Gasteiger partial charge in [-0.3, -0.25) is 19.2 Å². The molecule has 3 fully saturated rings. The first-order valence-corrected chi connectivity index (χ1v) is 14.2. The molecular weight excluding hydrogens is 540 g/mol. The SMILES string of the molecule is CCCC(=O)O[C@]1(C(=O)COC(C)=O)[C@@H](C)C[C@H]2[C@@H]3C[C@H](C)C4=CC(=O)C=C[C@]4(C)[C@@]3(Br)[C@@H](O)C[C@@]21C. The Labute approximate surface area is 227 Å². The summed E-state index contributed by atoms with van der Waals surface area (Å²) in [5, 5.41) is 12.0. The van der Waals surface area contributed by atoms with Gasteiger partial charge in [0.25, 0.3) is 0 Å². The van der Waals surface area contributed by atoms with Gasteiger partial charge in [-0.05, 0) is 55.6 Å². The van der Waals surface area contributed by atoms with Crippen molar-refractivity contribution >= 4 is 39.4 Å². The lowest BCUT2D eigenvalue weighted by Crippen LogP contribution is -2.70. The molecule has 4 aliphatic carbocycles. The molecule has 8 heteroatoms. The van der Waals surface area contributed by atoms with Crippen LogP contribution in [0.1, 0.15) is 73.6 Å². The maximum atomic E-state index is 13.9. The first-order valence-electron chi connectivity index (χ1n) is 13.4. The van der Waals surface area contributed by atoms with Crippen molar-refractivity contribution in [3.05, 3.63) is 23.8 Å². The Bertz CT molecular complexity index is 1080. The third kappa shape index (κ3) is 3.83. The first kappa shape index (κ1) is 28.2. The van der Waals surface area contributed by atoms with Gasteiger partial charge in [0.05, 0.1) is 10.4 Å². The van der Waals surface area contributed by atoms with E-state index in [9.17, 15) is 24.3 Å². The van der Waals surface area contributed by atoms with Crippen molar-refractivity contribution < 1.29 is 33.8 Å². The molecule has 0 unspecified atom stereocenters. The van der Waals surface area contributed by atoms with Crippen molar-refractivity contribution in [3.8, 4) is 0 Å². The van der Waals surface area contributed by atoms with Crippen LogP contribution in [-0.2, 0) is 28.7 Å². The molecule has 0 amide bonds. The summed E-state index contributed by atoms with van der Waals surface area (Å²) in [6, 6.07) is 0. The van der Waals surface area contributed by atoms with Crippen LogP contribution in [0.5, 0.6) is 0 Å². The predicted octanol–water partition coefficient (Wildman–Crippen LogP) is 4.49. The third-order valence-electron chi connectivity index (χ3n) is 10.1. The minimum Gasteiger partial charge on any atom is -0.458 e. The van der Waals surface area contributed by atoms with Gasteiger partial charge in [-0.1, -0.05) is 62.2 Å². The number of esters is 2. The van der Waals surface area contributed by atoms with Crippen molar-refractivity contribution in [1.29, 1.82) is 0 Å². The first-order chi connectivity index (χ1) is 17.2. The molecule has 0 saturated heterocycles. The van der Waals surface area contributed by atoms with E-state index in [1.807, 2.05) is 26.8 Å². The molecule has 4 rings (SSSR count). The average Bonchev–Trinajstić information content (AvgIpc) is 3.03. The Morgan fingerprint density at radius 3 is 2.46 bits per heavy atom. The number of halogens is 1. The Balaban J connectivity index is 1.84. The largest absolute Gasteiger partial charge is 0.458 e. The zero-order valence-electron chi connectivity index (χ0n) is 22.6. The van der Waals surface area contributed by atoms with E-state index in [4.69, 9.17) is 9.47 Å². The van der Waals surface area contributed by atoms with E-state index in [2.05, 4.69) is 29.8 Å². The number of carbonyl (C=O) groups excluding carboxylic acids is 4. The van der Waals surface area contributed by atoms with Crippen molar-refractivity contribution in [2.24, 2.45) is 34.5 Å². The highest BCUT2D eigenvalue weighted by Gasteiger charge is 2.76. The molecule has 0 bridgehead atoms. The van der Waals surface area contributed by atoms with Crippen molar-refractivity contribution in [1.82, 2.24) is 0 Å². The molecule has 0 radical (unpaired) electrons. The summed E-state index contributed by atoms with van der Waals surface area (Å²) in [4.78, 5) is 50.7. The second-order valence-electron chi connectivity index (χ2n) is 12.1. The number of carbonyl (C=O) groups is 4. The van der Waals surface area contributed by atoms with E-state index in [1.54, 1.807) is 12.2 Å². The Kier molecular flexibility index (Phi) is 7.20. The molecule has 1 N–H and O–H groups in total. The van der Waals surface area contributed by atoms with Crippen LogP contribution < -0.4 is 0 Å². The Hall–Kier alpha value is -1.80. The molecule has 0 aromatic carbocycles. The summed E-state index contributed by atoms with van der Waals surface area (Å²) in [7, 11) is 0. The number of alkyl halides is 1. The zero-order chi connectivity index (χ0) is 27.6. The zero-order valence-corrected chi connectivity index (χ0v) is 24.2. The fourth-order valence-corrected chi connectivity index (χ4v) is 9.53. The van der Waals surface area contributed by atoms with E-state index >= 15 is 0 Å². The molecule has 9 atom stereocenters. The smallest absolute Gasteiger partial charge is 0.306 e. The summed E-state index contributed by atoms with van der Waals surface area (Å²) in [5.74, 6) is -1.88. The number of ether oxygens (including phenoxy) is 2. The summed E-state index contributed by atoms with van der Waals surface area (Å²) in [6.45, 7) is 10.7. The lowest BCUT2D eigenvalue weighted by molar-refractivity contribution is -0.203. The van der Waals surface area contributed by atoms with Crippen molar-refractivity contribution in [3.63, 3.8) is 0 Å². The van der Waals surface area contributed by atoms with Crippen molar-refractivity contribution in [2.75, 3.05) is 6.61 Å². The fourth-order valence-electron chi connectivity index (χ4n) is 8.50. The van der Waals surface area contributed by atoms with E-state index in [0.717, 1.165) is 12.0 Å². The minimum absolute atomic E-state index is 0.0450. The van der Waals surface area contributed by atoms with E-state index in [1.165, 1.54) is 6.92 Å². The molecule has 204 valence electrons. The fraction of sp³-hybridized carbons (Fsp3) is 0.724. The Morgan fingerprint density at radius 1 is 1.16 bits per heavy atom. The van der Waals surface area contributed by atoms with Crippen LogP contribution in [0.15, 0.2) is 23.8 Å². The normalized spacial score (nSPS) is 44.3. The molecule has 4 aliphatic rings. The number of rotatable bonds is 6. The monoisotopic (exact) mass is 578 g/mol. The van der Waals surface area contributed by atoms with Gasteiger partial charge in [0.2, 0.25) is 5.78 Å². The minimum atomic E-state index is -1.52. The number of hydrogen-bond acceptors (Lipinski definition) is 7. The number of ketones is 2. The van der Waals surface area contributed by atoms with E-state index < -0.39 is 51.2 Å². The second kappa shape index (κ2) is 9.44. The summed E-state index contributed by atoms with van der Waals surface area (Å²) in [5.41, 5.74) is -1.99. The summed E-state index contributed by atoms with van der Waals surface area (Å²) < 4.78 is 10.5. The molecule has 0 aromatic rings. The highest BCUT2D eigenvalue weighted by atomic mass is 79.9. The van der Waals surface area contributed by atoms with Crippen molar-refractivity contribution in [2.45, 2.75) is 89.7 Å². The number of Topliss-reactive ketones (excluding diaryl/α,β-unsaturated/α-hetero) is 1. The number of fused-ring (bicyclic) bond motifs is 5. The molecular formula is C29H39BrO7. The van der Waals surface area contributed by atoms with E-state index in [0.29, 0.717) is 12.8 Å². The van der Waals surface area contributed by atoms with Crippen LogP contribution in [0.2, 0.25) is 0 Å². The van der Waals surface area contributed by atoms with Gasteiger partial charge in [-0.15, -0.1) is 0 Å². The maximum absolute atomic E-state index is 13.9. The lowest BCUT2D eigenvalue weighted by atomic mass is 9.44. The number of hydrogen-bond donors (Lipinski definition) is 1. The van der Waals surface area contributed by atoms with Crippen LogP contribution in [0.3, 0.4) is 0 Å². The molecule has 0 aromatic heterocycles. The van der Waals surface area contributed by atoms with Crippen LogP contribution in [0.4, 0.5) is 0 Å². The quantitative estimate of drug-likeness (QED) is 0.365. The van der Waals surface area contributed by atoms with Gasteiger partial charge in [-0.25, -0.2) is 0 Å². The highest BCUT2D eigenvalue weighted by molar-refractivity contribution is 9.10. The van der Waals surface area contributed by atoms with Crippen LogP contribution in [0, 0.1) is 34.5 Å². The third-order valence-corrected chi connectivity index (χ3v) is 12.0. The van der Waals surface area contributed by atoms with Gasteiger partial charge in [-0.2, -0.15) is 0 Å². The maximum Gasteiger partial charge on any atom is 0.306 e. The molecule has 0 spiro atoms. The lowest BCUT2D eigenvalue weighted by Gasteiger charge is -2.65. The highest BCUT2D eigenvalue weighted by Crippen LogP contribution is 2.73. The topological polar surface area (TPSA) is 107 Å². The molecule has 0 aliphatic heterocycles. The van der Waals surface area contributed by atoms with Gasteiger partial charge >= 0.3 is 11.9 Å². The standard InChI is InChI=1S/C29H39BrO7/c1-7-8-25(35)37-29(24(34)15-36-18(4)31)17(3)12-21-22-11-16(2)20-13-19(32)9-10-26(20,5)28(22,30)23(33)14-27(21,29)6/h9-10,13,16-17,21-23,33H,7-8,11-12,14-15H2,1-6H3/t16-,17-,21-,22-,23-,26-,27-,28-,29-/m0/s1. The van der Waals surface area contributed by atoms with Gasteiger partial charge in [0.1, 0.15) is 0 Å². The molecule has 37 heavy (non-hydrogen) atoms. The summed E-state index contributed by atoms with van der Waals surface area (Å²) in [6.07, 6.45) is 6.63. The number of allylic oxidation sites excluding steroid dienone is 4. The number of aliphatic hydroxyl groups is 1. The van der Waals surface area contributed by atoms with E-state index in [-0.39, 0.29) is 42.3 Å².